The van der Waals surface area contributed by atoms with Crippen molar-refractivity contribution >= 4 is 23.0 Å². The summed E-state index contributed by atoms with van der Waals surface area (Å²) in [5, 5.41) is 4.27. The minimum atomic E-state index is -0.0145. The van der Waals surface area contributed by atoms with Crippen molar-refractivity contribution in [3.63, 3.8) is 0 Å². The predicted molar refractivity (Wildman–Crippen MR) is 128 cm³/mol. The average Bonchev–Trinajstić information content (AvgIpc) is 3.33. The number of nitrogens with one attached hydrogen (secondary N) is 1. The van der Waals surface area contributed by atoms with Gasteiger partial charge < -0.3 is 14.8 Å². The van der Waals surface area contributed by atoms with E-state index in [-0.39, 0.29) is 17.6 Å². The molecule has 1 aliphatic heterocycles. The van der Waals surface area contributed by atoms with Crippen LogP contribution in [0.3, 0.4) is 0 Å². The Bertz CT molecular complexity index is 1020. The zero-order valence-electron chi connectivity index (χ0n) is 18.3. The first kappa shape index (κ1) is 20.6. The first-order chi connectivity index (χ1) is 14.3. The highest BCUT2D eigenvalue weighted by molar-refractivity contribution is 7.80. The van der Waals surface area contributed by atoms with Gasteiger partial charge in [0.2, 0.25) is 0 Å². The van der Waals surface area contributed by atoms with Crippen LogP contribution in [-0.4, -0.2) is 14.7 Å². The summed E-state index contributed by atoms with van der Waals surface area (Å²) < 4.78 is 2.26. The van der Waals surface area contributed by atoms with Crippen molar-refractivity contribution in [2.24, 2.45) is 0 Å². The zero-order valence-corrected chi connectivity index (χ0v) is 19.1. The van der Waals surface area contributed by atoms with Crippen molar-refractivity contribution in [2.45, 2.75) is 58.2 Å². The lowest BCUT2D eigenvalue weighted by Crippen LogP contribution is -2.29. The molecule has 3 heterocycles. The van der Waals surface area contributed by atoms with Gasteiger partial charge in [-0.2, -0.15) is 0 Å². The quantitative estimate of drug-likeness (QED) is 0.532. The third-order valence-corrected chi connectivity index (χ3v) is 6.08. The lowest BCUT2D eigenvalue weighted by Gasteiger charge is -2.28. The third-order valence-electron chi connectivity index (χ3n) is 5.77. The molecule has 0 aliphatic carbocycles. The molecular weight excluding hydrogens is 388 g/mol. The Morgan fingerprint density at radius 3 is 2.33 bits per heavy atom. The Labute approximate surface area is 184 Å². The van der Waals surface area contributed by atoms with Gasteiger partial charge in [-0.25, -0.2) is 0 Å². The predicted octanol–water partition coefficient (Wildman–Crippen LogP) is 5.94. The number of hydrogen-bond acceptors (Lipinski definition) is 2. The van der Waals surface area contributed by atoms with Gasteiger partial charge in [0.15, 0.2) is 5.11 Å². The zero-order chi connectivity index (χ0) is 21.5. The second-order valence-corrected chi connectivity index (χ2v) is 9.65. The summed E-state index contributed by atoms with van der Waals surface area (Å²) in [6, 6.07) is 17.0. The maximum Gasteiger partial charge on any atom is 0.174 e. The Kier molecular flexibility index (Phi) is 5.41. The van der Waals surface area contributed by atoms with Gasteiger partial charge in [-0.15, -0.1) is 0 Å². The first-order valence-corrected chi connectivity index (χ1v) is 11.0. The molecule has 3 aromatic rings. The van der Waals surface area contributed by atoms with Crippen molar-refractivity contribution < 1.29 is 0 Å². The van der Waals surface area contributed by atoms with Crippen LogP contribution in [0.15, 0.2) is 67.1 Å². The summed E-state index contributed by atoms with van der Waals surface area (Å²) in [7, 11) is 0. The van der Waals surface area contributed by atoms with Crippen molar-refractivity contribution in [3.8, 4) is 0 Å². The van der Waals surface area contributed by atoms with Gasteiger partial charge in [-0.05, 0) is 80.4 Å². The van der Waals surface area contributed by atoms with Crippen LogP contribution in [0.4, 0.5) is 5.69 Å². The molecule has 1 aromatic carbocycles. The number of benzene rings is 1. The summed E-state index contributed by atoms with van der Waals surface area (Å²) in [4.78, 5) is 6.87. The van der Waals surface area contributed by atoms with Crippen LogP contribution in [0.1, 0.15) is 69.4 Å². The fraction of sp³-hybridized carbons (Fsp3) is 0.360. The van der Waals surface area contributed by atoms with Gasteiger partial charge >= 0.3 is 0 Å². The van der Waals surface area contributed by atoms with E-state index < -0.39 is 0 Å². The van der Waals surface area contributed by atoms with Crippen LogP contribution in [0.25, 0.3) is 0 Å². The average molecular weight is 419 g/mol. The van der Waals surface area contributed by atoms with E-state index >= 15 is 0 Å². The Morgan fingerprint density at radius 2 is 1.77 bits per heavy atom. The van der Waals surface area contributed by atoms with Crippen molar-refractivity contribution in [1.82, 2.24) is 14.9 Å². The molecule has 0 bridgehead atoms. The molecule has 2 atom stereocenters. The van der Waals surface area contributed by atoms with E-state index in [1.165, 1.54) is 11.1 Å². The van der Waals surface area contributed by atoms with E-state index in [1.54, 1.807) is 0 Å². The minimum absolute atomic E-state index is 0.0145. The molecule has 1 saturated heterocycles. The summed E-state index contributed by atoms with van der Waals surface area (Å²) in [6.07, 6.45) is 6.25. The van der Waals surface area contributed by atoms with Gasteiger partial charge in [0.05, 0.1) is 17.8 Å². The van der Waals surface area contributed by atoms with Crippen LogP contribution >= 0.6 is 12.2 Å². The highest BCUT2D eigenvalue weighted by atomic mass is 32.1. The highest BCUT2D eigenvalue weighted by Gasteiger charge is 2.41. The van der Waals surface area contributed by atoms with Gasteiger partial charge in [0.25, 0.3) is 0 Å². The highest BCUT2D eigenvalue weighted by Crippen LogP contribution is 2.42. The molecule has 30 heavy (non-hydrogen) atoms. The molecule has 1 fully saturated rings. The van der Waals surface area contributed by atoms with Crippen molar-refractivity contribution in [1.29, 1.82) is 0 Å². The van der Waals surface area contributed by atoms with Gasteiger partial charge in [0, 0.05) is 29.8 Å². The normalized spacial score (nSPS) is 19.4. The maximum absolute atomic E-state index is 5.82. The Balaban J connectivity index is 1.79. The molecule has 156 valence electrons. The van der Waals surface area contributed by atoms with E-state index in [9.17, 15) is 0 Å². The molecule has 2 aromatic heterocycles. The Morgan fingerprint density at radius 1 is 1.03 bits per heavy atom. The fourth-order valence-electron chi connectivity index (χ4n) is 4.00. The van der Waals surface area contributed by atoms with Gasteiger partial charge in [-0.1, -0.05) is 32.0 Å². The second-order valence-electron chi connectivity index (χ2n) is 9.27. The van der Waals surface area contributed by atoms with Gasteiger partial charge in [-0.3, -0.25) is 4.98 Å². The van der Waals surface area contributed by atoms with E-state index in [1.807, 2.05) is 18.3 Å². The molecule has 0 amide bonds. The molecule has 1 aliphatic rings. The summed E-state index contributed by atoms with van der Waals surface area (Å²) in [5.41, 5.74) is 4.67. The van der Waals surface area contributed by atoms with E-state index in [2.05, 4.69) is 103 Å². The van der Waals surface area contributed by atoms with Crippen LogP contribution < -0.4 is 10.2 Å². The lowest BCUT2D eigenvalue weighted by molar-refractivity contribution is 0.397. The second kappa shape index (κ2) is 7.88. The van der Waals surface area contributed by atoms with Crippen molar-refractivity contribution in [2.75, 3.05) is 4.90 Å². The molecule has 4 nitrogen and oxygen atoms in total. The monoisotopic (exact) mass is 418 g/mol. The number of rotatable bonds is 4. The standard InChI is InChI=1S/C25H30N4S/c1-17(2)18-9-11-20(12-10-18)29-23(19-13-15-28(16-19)25(3,4)5)22(27-24(29)30)21-8-6-7-14-26-21/h6-17,22-23H,1-5H3,(H,27,30)/t22-,23+/m0/s1. The summed E-state index contributed by atoms with van der Waals surface area (Å²) in [6.45, 7) is 11.1. The number of anilines is 1. The molecular formula is C25H30N4S. The number of pyridine rings is 1. The molecule has 1 N–H and O–H groups in total. The smallest absolute Gasteiger partial charge is 0.174 e. The number of hydrogen-bond donors (Lipinski definition) is 1. The molecule has 4 rings (SSSR count). The van der Waals surface area contributed by atoms with Gasteiger partial charge in [0.1, 0.15) is 0 Å². The summed E-state index contributed by atoms with van der Waals surface area (Å²) in [5.74, 6) is 0.501. The van der Waals surface area contributed by atoms with Crippen molar-refractivity contribution in [3.05, 3.63) is 83.9 Å². The SMILES string of the molecule is CC(C)c1ccc(N2C(=S)N[C@@H](c3ccccn3)[C@H]2c2ccn(C(C)(C)C)c2)cc1. The molecule has 5 heteroatoms. The number of nitrogens with zero attached hydrogens (tertiary/aromatic N) is 3. The van der Waals surface area contributed by atoms with E-state index in [0.29, 0.717) is 5.92 Å². The lowest BCUT2D eigenvalue weighted by atomic mass is 9.98. The Hall–Kier alpha value is -2.66. The topological polar surface area (TPSA) is 33.1 Å². The van der Waals surface area contributed by atoms with E-state index in [0.717, 1.165) is 16.5 Å². The van der Waals surface area contributed by atoms with Crippen LogP contribution in [0.2, 0.25) is 0 Å². The third kappa shape index (κ3) is 3.86. The van der Waals surface area contributed by atoms with Crippen LogP contribution in [0, 0.1) is 0 Å². The first-order valence-electron chi connectivity index (χ1n) is 10.5. The minimum Gasteiger partial charge on any atom is -0.351 e. The maximum atomic E-state index is 5.82. The molecule has 0 radical (unpaired) electrons. The molecule has 0 spiro atoms. The largest absolute Gasteiger partial charge is 0.351 e. The van der Waals surface area contributed by atoms with Crippen LogP contribution in [-0.2, 0) is 5.54 Å². The number of aromatic nitrogens is 2. The molecule has 0 unspecified atom stereocenters. The number of thiocarbonyl (C=S) groups is 1. The molecule has 0 saturated carbocycles. The van der Waals surface area contributed by atoms with Crippen LogP contribution in [0.5, 0.6) is 0 Å². The fourth-order valence-corrected chi connectivity index (χ4v) is 4.34. The summed E-state index contributed by atoms with van der Waals surface area (Å²) >= 11 is 5.82. The van der Waals surface area contributed by atoms with E-state index in [4.69, 9.17) is 12.2 Å².